The minimum absolute atomic E-state index is 0.0741. The fourth-order valence-electron chi connectivity index (χ4n) is 1.52. The highest BCUT2D eigenvalue weighted by molar-refractivity contribution is 6.30. The molecule has 0 bridgehead atoms. The summed E-state index contributed by atoms with van der Waals surface area (Å²) in [4.78, 5) is 10.8. The number of carbonyl (C=O) groups is 1. The minimum Gasteiger partial charge on any atom is -0.478 e. The topological polar surface area (TPSA) is 37.3 Å². The van der Waals surface area contributed by atoms with E-state index in [2.05, 4.69) is 0 Å². The Bertz CT molecular complexity index is 564. The maximum atomic E-state index is 13.3. The van der Waals surface area contributed by atoms with E-state index in [0.717, 1.165) is 11.6 Å². The zero-order valence-corrected chi connectivity index (χ0v) is 9.41. The highest BCUT2D eigenvalue weighted by Gasteiger charge is 2.08. The molecule has 0 spiro atoms. The summed E-state index contributed by atoms with van der Waals surface area (Å²) in [7, 11) is 0. The van der Waals surface area contributed by atoms with Crippen LogP contribution in [0.1, 0.15) is 10.4 Å². The summed E-state index contributed by atoms with van der Waals surface area (Å²) in [5.41, 5.74) is 1.16. The first-order valence-corrected chi connectivity index (χ1v) is 5.24. The minimum atomic E-state index is -1.15. The van der Waals surface area contributed by atoms with Gasteiger partial charge in [-0.2, -0.15) is 0 Å². The van der Waals surface area contributed by atoms with Gasteiger partial charge in [0.05, 0.1) is 5.56 Å². The Labute approximate surface area is 102 Å². The second-order valence-electron chi connectivity index (χ2n) is 3.54. The molecule has 2 aromatic rings. The molecule has 17 heavy (non-hydrogen) atoms. The predicted octanol–water partition coefficient (Wildman–Crippen LogP) is 3.84. The smallest absolute Gasteiger partial charge is 0.335 e. The molecule has 1 N–H and O–H groups in total. The van der Waals surface area contributed by atoms with Crippen molar-refractivity contribution in [2.75, 3.05) is 0 Å². The van der Waals surface area contributed by atoms with Crippen molar-refractivity contribution in [2.45, 2.75) is 0 Å². The van der Waals surface area contributed by atoms with Gasteiger partial charge in [0.1, 0.15) is 5.82 Å². The molecule has 86 valence electrons. The molecule has 2 aromatic carbocycles. The van der Waals surface area contributed by atoms with Gasteiger partial charge in [0.2, 0.25) is 0 Å². The standard InChI is InChI=1S/C13H8ClFO2/c14-11-3-1-8(2-4-11)9-5-10(13(16)17)7-12(15)6-9/h1-7H,(H,16,17). The van der Waals surface area contributed by atoms with Crippen LogP contribution in [-0.4, -0.2) is 11.1 Å². The normalized spacial score (nSPS) is 10.2. The van der Waals surface area contributed by atoms with Crippen LogP contribution in [-0.2, 0) is 0 Å². The van der Waals surface area contributed by atoms with Crippen LogP contribution in [0.5, 0.6) is 0 Å². The average Bonchev–Trinajstić information content (AvgIpc) is 2.29. The third-order valence-electron chi connectivity index (χ3n) is 2.32. The van der Waals surface area contributed by atoms with Gasteiger partial charge >= 0.3 is 5.97 Å². The second-order valence-corrected chi connectivity index (χ2v) is 3.98. The highest BCUT2D eigenvalue weighted by Crippen LogP contribution is 2.23. The van der Waals surface area contributed by atoms with Crippen LogP contribution in [0.2, 0.25) is 5.02 Å². The van der Waals surface area contributed by atoms with Gasteiger partial charge in [0.15, 0.2) is 0 Å². The fourth-order valence-corrected chi connectivity index (χ4v) is 1.65. The third kappa shape index (κ3) is 2.63. The van der Waals surface area contributed by atoms with E-state index >= 15 is 0 Å². The number of hydrogen-bond acceptors (Lipinski definition) is 1. The first-order valence-electron chi connectivity index (χ1n) is 4.86. The molecule has 0 atom stereocenters. The van der Waals surface area contributed by atoms with E-state index in [0.29, 0.717) is 10.6 Å². The van der Waals surface area contributed by atoms with E-state index < -0.39 is 11.8 Å². The summed E-state index contributed by atoms with van der Waals surface area (Å²) in [6.45, 7) is 0. The third-order valence-corrected chi connectivity index (χ3v) is 2.57. The molecule has 0 fully saturated rings. The molecule has 0 saturated heterocycles. The number of hydrogen-bond donors (Lipinski definition) is 1. The number of benzene rings is 2. The van der Waals surface area contributed by atoms with Gasteiger partial charge in [-0.25, -0.2) is 9.18 Å². The molecule has 0 aliphatic heterocycles. The molecule has 0 aromatic heterocycles. The van der Waals surface area contributed by atoms with Gasteiger partial charge in [-0.15, -0.1) is 0 Å². The molecule has 0 amide bonds. The van der Waals surface area contributed by atoms with Gasteiger partial charge in [0.25, 0.3) is 0 Å². The Hall–Kier alpha value is -1.87. The molecule has 0 radical (unpaired) electrons. The van der Waals surface area contributed by atoms with E-state index in [1.54, 1.807) is 24.3 Å². The van der Waals surface area contributed by atoms with Crippen LogP contribution in [0, 0.1) is 5.82 Å². The van der Waals surface area contributed by atoms with Gasteiger partial charge in [0, 0.05) is 5.02 Å². The molecule has 2 nitrogen and oxygen atoms in total. The molecule has 0 aliphatic carbocycles. The van der Waals surface area contributed by atoms with Crippen LogP contribution in [0.15, 0.2) is 42.5 Å². The molecule has 0 unspecified atom stereocenters. The number of aromatic carboxylic acids is 1. The molecular formula is C13H8ClFO2. The van der Waals surface area contributed by atoms with E-state index in [1.807, 2.05) is 0 Å². The van der Waals surface area contributed by atoms with Gasteiger partial charge in [-0.05, 0) is 41.5 Å². The average molecular weight is 251 g/mol. The maximum Gasteiger partial charge on any atom is 0.335 e. The molecule has 0 saturated carbocycles. The van der Waals surface area contributed by atoms with Crippen LogP contribution in [0.4, 0.5) is 4.39 Å². The van der Waals surface area contributed by atoms with Crippen molar-refractivity contribution in [3.63, 3.8) is 0 Å². The summed E-state index contributed by atoms with van der Waals surface area (Å²) >= 11 is 5.74. The molecular weight excluding hydrogens is 243 g/mol. The Balaban J connectivity index is 2.51. The summed E-state index contributed by atoms with van der Waals surface area (Å²) in [6.07, 6.45) is 0. The number of carboxylic acids is 1. The Morgan fingerprint density at radius 3 is 2.29 bits per heavy atom. The number of carboxylic acid groups (broad SMARTS) is 1. The Morgan fingerprint density at radius 2 is 1.71 bits per heavy atom. The van der Waals surface area contributed by atoms with E-state index in [9.17, 15) is 9.18 Å². The lowest BCUT2D eigenvalue weighted by atomic mass is 10.0. The van der Waals surface area contributed by atoms with Gasteiger partial charge < -0.3 is 5.11 Å². The van der Waals surface area contributed by atoms with Crippen molar-refractivity contribution in [3.05, 3.63) is 58.9 Å². The van der Waals surface area contributed by atoms with Gasteiger partial charge in [-0.1, -0.05) is 23.7 Å². The zero-order chi connectivity index (χ0) is 12.4. The fraction of sp³-hybridized carbons (Fsp3) is 0. The van der Waals surface area contributed by atoms with Gasteiger partial charge in [-0.3, -0.25) is 0 Å². The van der Waals surface area contributed by atoms with Crippen molar-refractivity contribution in [1.29, 1.82) is 0 Å². The van der Waals surface area contributed by atoms with Crippen LogP contribution >= 0.6 is 11.6 Å². The Kier molecular flexibility index (Phi) is 3.11. The van der Waals surface area contributed by atoms with Crippen molar-refractivity contribution < 1.29 is 14.3 Å². The molecule has 4 heteroatoms. The number of rotatable bonds is 2. The first-order chi connectivity index (χ1) is 8.06. The monoisotopic (exact) mass is 250 g/mol. The largest absolute Gasteiger partial charge is 0.478 e. The summed E-state index contributed by atoms with van der Waals surface area (Å²) in [6, 6.07) is 10.5. The van der Waals surface area contributed by atoms with Crippen LogP contribution < -0.4 is 0 Å². The lowest BCUT2D eigenvalue weighted by molar-refractivity contribution is 0.0696. The quantitative estimate of drug-likeness (QED) is 0.879. The maximum absolute atomic E-state index is 13.3. The van der Waals surface area contributed by atoms with E-state index in [1.165, 1.54) is 12.1 Å². The summed E-state index contributed by atoms with van der Waals surface area (Å²) in [5.74, 6) is -1.73. The molecule has 0 aliphatic rings. The molecule has 2 rings (SSSR count). The van der Waals surface area contributed by atoms with Crippen molar-refractivity contribution in [1.82, 2.24) is 0 Å². The first kappa shape index (κ1) is 11.6. The molecule has 0 heterocycles. The highest BCUT2D eigenvalue weighted by atomic mass is 35.5. The zero-order valence-electron chi connectivity index (χ0n) is 8.65. The van der Waals surface area contributed by atoms with Crippen molar-refractivity contribution in [3.8, 4) is 11.1 Å². The van der Waals surface area contributed by atoms with Crippen LogP contribution in [0.3, 0.4) is 0 Å². The SMILES string of the molecule is O=C(O)c1cc(F)cc(-c2ccc(Cl)cc2)c1. The number of halogens is 2. The predicted molar refractivity (Wildman–Crippen MR) is 63.8 cm³/mol. The van der Waals surface area contributed by atoms with E-state index in [4.69, 9.17) is 16.7 Å². The summed E-state index contributed by atoms with van der Waals surface area (Å²) < 4.78 is 13.3. The lowest BCUT2D eigenvalue weighted by Gasteiger charge is -2.04. The summed E-state index contributed by atoms with van der Waals surface area (Å²) in [5, 5.41) is 9.41. The van der Waals surface area contributed by atoms with Crippen molar-refractivity contribution >= 4 is 17.6 Å². The Morgan fingerprint density at radius 1 is 1.06 bits per heavy atom. The van der Waals surface area contributed by atoms with Crippen molar-refractivity contribution in [2.24, 2.45) is 0 Å². The lowest BCUT2D eigenvalue weighted by Crippen LogP contribution is -1.97. The van der Waals surface area contributed by atoms with Crippen LogP contribution in [0.25, 0.3) is 11.1 Å². The second kappa shape index (κ2) is 4.55. The van der Waals surface area contributed by atoms with E-state index in [-0.39, 0.29) is 5.56 Å².